The lowest BCUT2D eigenvalue weighted by molar-refractivity contribution is 0.0193. The van der Waals surface area contributed by atoms with Gasteiger partial charge in [0.05, 0.1) is 31.6 Å². The van der Waals surface area contributed by atoms with Crippen molar-refractivity contribution in [3.05, 3.63) is 135 Å². The van der Waals surface area contributed by atoms with Gasteiger partial charge in [0.1, 0.15) is 0 Å². The lowest BCUT2D eigenvalue weighted by Gasteiger charge is -2.40. The maximum Gasteiger partial charge on any atom is 0.264 e. The number of halogens is 3. The fraction of sp³-hybridized carbons (Fsp3) is 0.391. The number of carbonyl (C=O) groups is 2. The molecule has 8 nitrogen and oxygen atoms in total. The molecule has 2 amide bonds. The number of hydrogen-bond acceptors (Lipinski definition) is 5. The normalized spacial score (nSPS) is 21.0. The summed E-state index contributed by atoms with van der Waals surface area (Å²) in [5.41, 5.74) is 4.85. The molecule has 3 aliphatic rings. The van der Waals surface area contributed by atoms with E-state index in [0.29, 0.717) is 83.6 Å². The van der Waals surface area contributed by atoms with E-state index in [0.717, 1.165) is 24.4 Å². The fourth-order valence-electron chi connectivity index (χ4n) is 8.55. The molecule has 3 aromatic carbocycles. The maximum absolute atomic E-state index is 15.1. The Hall–Kier alpha value is -4.77. The SMILES string of the molecule is COC1=CC=CC(C)(CN(C(=O)c2cc(-c3cc(C(F)F)c(C)cc3C(=O)N3Cc4ccccc4C[C@H]3CN3CCOCC3)n(C)c2C)c2ccc(Cl)cc2)C1C. The van der Waals surface area contributed by atoms with Gasteiger partial charge in [-0.15, -0.1) is 0 Å². The Bertz CT molecular complexity index is 2210. The van der Waals surface area contributed by atoms with Crippen LogP contribution < -0.4 is 4.90 Å². The summed E-state index contributed by atoms with van der Waals surface area (Å²) in [5, 5.41) is 0.543. The van der Waals surface area contributed by atoms with E-state index >= 15 is 4.79 Å². The molecule has 7 rings (SSSR count). The first-order valence-corrected chi connectivity index (χ1v) is 20.0. The third-order valence-corrected chi connectivity index (χ3v) is 12.6. The number of nitrogens with zero attached hydrogens (tertiary/aromatic N) is 4. The van der Waals surface area contributed by atoms with Gasteiger partial charge in [-0.1, -0.05) is 61.9 Å². The molecule has 0 radical (unpaired) electrons. The standard InChI is InChI=1S/C46H51ClF2N4O4/c1-29-22-40(45(55)52-26-33-11-8-7-10-32(33)23-36(52)27-51-18-20-57-21-19-51)39(24-37(29)43(48)49)41-25-38(31(3)50(41)5)44(54)53(35-15-13-34(47)14-16-35)28-46(4)17-9-12-42(56-6)30(46)2/h7-17,22,24-25,30,36,43H,18-21,23,26-28H2,1-6H3/t30?,36-,46?/m0/s1. The van der Waals surface area contributed by atoms with Crippen LogP contribution in [0.25, 0.3) is 11.3 Å². The molecular formula is C46H51ClF2N4O4. The molecule has 0 saturated carbocycles. The number of aryl methyl sites for hydroxylation is 1. The summed E-state index contributed by atoms with van der Waals surface area (Å²) in [6.07, 6.45) is 3.92. The Morgan fingerprint density at radius 2 is 1.72 bits per heavy atom. The Kier molecular flexibility index (Phi) is 11.8. The van der Waals surface area contributed by atoms with E-state index < -0.39 is 11.8 Å². The van der Waals surface area contributed by atoms with Gasteiger partial charge in [-0.2, -0.15) is 0 Å². The predicted octanol–water partition coefficient (Wildman–Crippen LogP) is 9.19. The van der Waals surface area contributed by atoms with Gasteiger partial charge >= 0.3 is 0 Å². The van der Waals surface area contributed by atoms with Crippen LogP contribution in [0.3, 0.4) is 0 Å². The molecule has 3 atom stereocenters. The van der Waals surface area contributed by atoms with Crippen molar-refractivity contribution < 1.29 is 27.8 Å². The second-order valence-corrected chi connectivity index (χ2v) is 16.3. The number of methoxy groups -OCH3 is 1. The van der Waals surface area contributed by atoms with E-state index in [-0.39, 0.29) is 29.3 Å². The van der Waals surface area contributed by atoms with Crippen molar-refractivity contribution in [3.63, 3.8) is 0 Å². The van der Waals surface area contributed by atoms with E-state index in [1.807, 2.05) is 65.9 Å². The van der Waals surface area contributed by atoms with Crippen molar-refractivity contribution in [2.45, 2.75) is 53.1 Å². The maximum atomic E-state index is 15.1. The number of morpholine rings is 1. The highest BCUT2D eigenvalue weighted by atomic mass is 35.5. The predicted molar refractivity (Wildman–Crippen MR) is 221 cm³/mol. The minimum Gasteiger partial charge on any atom is -0.501 e. The van der Waals surface area contributed by atoms with Gasteiger partial charge in [0, 0.05) is 95.9 Å². The summed E-state index contributed by atoms with van der Waals surface area (Å²) >= 11 is 6.30. The van der Waals surface area contributed by atoms with Gasteiger partial charge in [0.15, 0.2) is 0 Å². The van der Waals surface area contributed by atoms with Crippen LogP contribution in [0.4, 0.5) is 14.5 Å². The van der Waals surface area contributed by atoms with Gasteiger partial charge in [-0.3, -0.25) is 14.5 Å². The zero-order chi connectivity index (χ0) is 40.6. The van der Waals surface area contributed by atoms with E-state index in [1.165, 1.54) is 11.6 Å². The van der Waals surface area contributed by atoms with Crippen molar-refractivity contribution in [2.75, 3.05) is 51.4 Å². The summed E-state index contributed by atoms with van der Waals surface area (Å²) in [6.45, 7) is 11.9. The smallest absolute Gasteiger partial charge is 0.264 e. The molecule has 1 fully saturated rings. The van der Waals surface area contributed by atoms with E-state index in [2.05, 4.69) is 30.9 Å². The van der Waals surface area contributed by atoms with Crippen LogP contribution in [0.15, 0.2) is 90.7 Å². The number of hydrogen-bond donors (Lipinski definition) is 0. The molecule has 1 aromatic heterocycles. The van der Waals surface area contributed by atoms with Crippen LogP contribution in [0.2, 0.25) is 5.02 Å². The van der Waals surface area contributed by atoms with Crippen LogP contribution in [0.1, 0.15) is 68.9 Å². The highest BCUT2D eigenvalue weighted by Gasteiger charge is 2.39. The first-order valence-electron chi connectivity index (χ1n) is 19.6. The summed E-state index contributed by atoms with van der Waals surface area (Å²) in [7, 11) is 3.46. The molecule has 3 heterocycles. The lowest BCUT2D eigenvalue weighted by atomic mass is 9.73. The molecule has 0 bridgehead atoms. The highest BCUT2D eigenvalue weighted by molar-refractivity contribution is 6.30. The number of amides is 2. The van der Waals surface area contributed by atoms with Crippen molar-refractivity contribution in [2.24, 2.45) is 18.4 Å². The number of benzene rings is 3. The first kappa shape index (κ1) is 40.4. The van der Waals surface area contributed by atoms with Crippen LogP contribution >= 0.6 is 11.6 Å². The van der Waals surface area contributed by atoms with Gasteiger partial charge in [0.2, 0.25) is 0 Å². The summed E-state index contributed by atoms with van der Waals surface area (Å²) in [4.78, 5) is 36.0. The number of allylic oxidation sites excluding steroid dienone is 3. The van der Waals surface area contributed by atoms with E-state index in [1.54, 1.807) is 43.2 Å². The summed E-state index contributed by atoms with van der Waals surface area (Å²) in [5.74, 6) is 0.284. The van der Waals surface area contributed by atoms with Crippen LogP contribution in [0.5, 0.6) is 0 Å². The van der Waals surface area contributed by atoms with E-state index in [9.17, 15) is 13.6 Å². The van der Waals surface area contributed by atoms with Gasteiger partial charge < -0.3 is 23.8 Å². The molecule has 0 spiro atoms. The topological polar surface area (TPSA) is 67.2 Å². The van der Waals surface area contributed by atoms with Gasteiger partial charge in [0.25, 0.3) is 18.2 Å². The van der Waals surface area contributed by atoms with Crippen molar-refractivity contribution >= 4 is 29.1 Å². The second-order valence-electron chi connectivity index (χ2n) is 15.8. The molecule has 1 aliphatic carbocycles. The number of carbonyl (C=O) groups excluding carboxylic acids is 2. The van der Waals surface area contributed by atoms with Crippen molar-refractivity contribution in [1.29, 1.82) is 0 Å². The highest BCUT2D eigenvalue weighted by Crippen LogP contribution is 2.41. The van der Waals surface area contributed by atoms with Gasteiger partial charge in [-0.05, 0) is 85.5 Å². The third-order valence-electron chi connectivity index (χ3n) is 12.4. The number of ether oxygens (including phenoxy) is 2. The van der Waals surface area contributed by atoms with E-state index in [4.69, 9.17) is 21.1 Å². The monoisotopic (exact) mass is 796 g/mol. The van der Waals surface area contributed by atoms with Crippen molar-refractivity contribution in [1.82, 2.24) is 14.4 Å². The average molecular weight is 797 g/mol. The number of rotatable bonds is 10. The lowest BCUT2D eigenvalue weighted by Crippen LogP contribution is -2.52. The molecule has 1 saturated heterocycles. The molecule has 4 aromatic rings. The first-order chi connectivity index (χ1) is 27.3. The second kappa shape index (κ2) is 16.6. The molecule has 2 aliphatic heterocycles. The molecular weight excluding hydrogens is 746 g/mol. The van der Waals surface area contributed by atoms with Gasteiger partial charge in [-0.25, -0.2) is 8.78 Å². The van der Waals surface area contributed by atoms with Crippen LogP contribution in [-0.2, 0) is 29.5 Å². The Balaban J connectivity index is 1.31. The third kappa shape index (κ3) is 8.05. The minimum absolute atomic E-state index is 0.0368. The number of aromatic nitrogens is 1. The minimum atomic E-state index is -2.76. The Morgan fingerprint density at radius 3 is 2.40 bits per heavy atom. The summed E-state index contributed by atoms with van der Waals surface area (Å²) < 4.78 is 42.5. The molecule has 2 unspecified atom stereocenters. The molecule has 0 N–H and O–H groups in total. The van der Waals surface area contributed by atoms with Crippen molar-refractivity contribution in [3.8, 4) is 11.3 Å². The molecule has 300 valence electrons. The van der Waals surface area contributed by atoms with Crippen LogP contribution in [0, 0.1) is 25.2 Å². The Labute approximate surface area is 339 Å². The Morgan fingerprint density at radius 1 is 1.02 bits per heavy atom. The molecule has 57 heavy (non-hydrogen) atoms. The summed E-state index contributed by atoms with van der Waals surface area (Å²) in [6, 6.07) is 20.0. The number of fused-ring (bicyclic) bond motifs is 1. The quantitative estimate of drug-likeness (QED) is 0.160. The van der Waals surface area contributed by atoms with Crippen LogP contribution in [-0.4, -0.2) is 78.7 Å². The zero-order valence-corrected chi connectivity index (χ0v) is 34.3. The largest absolute Gasteiger partial charge is 0.501 e. The average Bonchev–Trinajstić information content (AvgIpc) is 3.50. The fourth-order valence-corrected chi connectivity index (χ4v) is 8.67. The molecule has 11 heteroatoms. The zero-order valence-electron chi connectivity index (χ0n) is 33.5. The number of anilines is 1. The number of alkyl halides is 2.